The van der Waals surface area contributed by atoms with Gasteiger partial charge in [0.25, 0.3) is 10.2 Å². The summed E-state index contributed by atoms with van der Waals surface area (Å²) in [6.45, 7) is 0.392. The van der Waals surface area contributed by atoms with E-state index in [-0.39, 0.29) is 25.9 Å². The predicted molar refractivity (Wildman–Crippen MR) is 71.7 cm³/mol. The van der Waals surface area contributed by atoms with Crippen LogP contribution in [0.15, 0.2) is 30.3 Å². The normalized spacial score (nSPS) is 11.7. The zero-order valence-electron chi connectivity index (χ0n) is 10.7. The van der Waals surface area contributed by atoms with Gasteiger partial charge in [0.15, 0.2) is 0 Å². The van der Waals surface area contributed by atoms with Crippen LogP contribution in [-0.4, -0.2) is 37.4 Å². The number of hydrogen-bond acceptors (Lipinski definition) is 3. The molecule has 0 aliphatic heterocycles. The molecule has 0 aliphatic carbocycles. The molecule has 106 valence electrons. The van der Waals surface area contributed by atoms with Crippen molar-refractivity contribution >= 4 is 16.2 Å². The van der Waals surface area contributed by atoms with Crippen molar-refractivity contribution in [3.63, 3.8) is 0 Å². The number of carboxylic acid groups (broad SMARTS) is 1. The lowest BCUT2D eigenvalue weighted by atomic mass is 10.2. The standard InChI is InChI=1S/C12H18N2O4S/c1-14(10-11-6-3-2-4-7-11)19(17,18)13-9-5-8-12(15)16/h2-4,6-7,13H,5,8-10H2,1H3,(H,15,16). The Morgan fingerprint density at radius 1 is 1.32 bits per heavy atom. The number of carboxylic acids is 1. The minimum atomic E-state index is -3.57. The third kappa shape index (κ3) is 5.82. The first-order chi connectivity index (χ1) is 8.92. The van der Waals surface area contributed by atoms with Crippen LogP contribution in [0.2, 0.25) is 0 Å². The maximum atomic E-state index is 11.8. The number of nitrogens with zero attached hydrogens (tertiary/aromatic N) is 1. The van der Waals surface area contributed by atoms with Crippen molar-refractivity contribution in [3.05, 3.63) is 35.9 Å². The van der Waals surface area contributed by atoms with E-state index in [4.69, 9.17) is 5.11 Å². The molecule has 0 aliphatic rings. The van der Waals surface area contributed by atoms with E-state index in [0.29, 0.717) is 0 Å². The topological polar surface area (TPSA) is 86.7 Å². The van der Waals surface area contributed by atoms with Gasteiger partial charge in [0.1, 0.15) is 0 Å². The van der Waals surface area contributed by atoms with Crippen molar-refractivity contribution in [1.82, 2.24) is 9.03 Å². The second-order valence-electron chi connectivity index (χ2n) is 4.14. The molecule has 2 N–H and O–H groups in total. The van der Waals surface area contributed by atoms with Crippen LogP contribution < -0.4 is 4.72 Å². The maximum Gasteiger partial charge on any atom is 0.303 e. The molecule has 0 radical (unpaired) electrons. The Balaban J connectivity index is 2.45. The van der Waals surface area contributed by atoms with Crippen LogP contribution in [0.4, 0.5) is 0 Å². The molecule has 0 saturated carbocycles. The van der Waals surface area contributed by atoms with Crippen LogP contribution >= 0.6 is 0 Å². The van der Waals surface area contributed by atoms with Gasteiger partial charge in [0.05, 0.1) is 0 Å². The summed E-state index contributed by atoms with van der Waals surface area (Å²) in [4.78, 5) is 10.3. The molecular weight excluding hydrogens is 268 g/mol. The maximum absolute atomic E-state index is 11.8. The van der Waals surface area contributed by atoms with Gasteiger partial charge >= 0.3 is 5.97 Å². The van der Waals surface area contributed by atoms with Gasteiger partial charge < -0.3 is 5.11 Å². The Hall–Kier alpha value is -1.44. The molecule has 0 aromatic heterocycles. The third-order valence-electron chi connectivity index (χ3n) is 2.51. The van der Waals surface area contributed by atoms with Crippen LogP contribution in [-0.2, 0) is 21.5 Å². The average Bonchev–Trinajstić information content (AvgIpc) is 2.35. The molecule has 0 amide bonds. The van der Waals surface area contributed by atoms with Gasteiger partial charge in [0.2, 0.25) is 0 Å². The van der Waals surface area contributed by atoms with Crippen molar-refractivity contribution < 1.29 is 18.3 Å². The second-order valence-corrected chi connectivity index (χ2v) is 6.00. The molecule has 1 aromatic rings. The number of aliphatic carboxylic acids is 1. The highest BCUT2D eigenvalue weighted by Crippen LogP contribution is 2.05. The lowest BCUT2D eigenvalue weighted by Gasteiger charge is -2.17. The van der Waals surface area contributed by atoms with E-state index in [1.165, 1.54) is 11.4 Å². The van der Waals surface area contributed by atoms with Gasteiger partial charge in [-0.05, 0) is 12.0 Å². The fourth-order valence-electron chi connectivity index (χ4n) is 1.48. The minimum Gasteiger partial charge on any atom is -0.481 e. The van der Waals surface area contributed by atoms with E-state index in [2.05, 4.69) is 4.72 Å². The van der Waals surface area contributed by atoms with Crippen molar-refractivity contribution in [2.45, 2.75) is 19.4 Å². The molecule has 7 heteroatoms. The van der Waals surface area contributed by atoms with Gasteiger partial charge in [-0.1, -0.05) is 30.3 Å². The van der Waals surface area contributed by atoms with Crippen molar-refractivity contribution in [2.75, 3.05) is 13.6 Å². The van der Waals surface area contributed by atoms with E-state index in [9.17, 15) is 13.2 Å². The lowest BCUT2D eigenvalue weighted by molar-refractivity contribution is -0.137. The van der Waals surface area contributed by atoms with E-state index >= 15 is 0 Å². The summed E-state index contributed by atoms with van der Waals surface area (Å²) in [6.07, 6.45) is 0.221. The highest BCUT2D eigenvalue weighted by molar-refractivity contribution is 7.87. The van der Waals surface area contributed by atoms with Crippen molar-refractivity contribution in [1.29, 1.82) is 0 Å². The Kier molecular flexibility index (Phi) is 5.94. The Morgan fingerprint density at radius 2 is 1.95 bits per heavy atom. The largest absolute Gasteiger partial charge is 0.481 e. The molecule has 0 saturated heterocycles. The van der Waals surface area contributed by atoms with Crippen molar-refractivity contribution in [2.24, 2.45) is 0 Å². The van der Waals surface area contributed by atoms with Gasteiger partial charge in [-0.15, -0.1) is 0 Å². The lowest BCUT2D eigenvalue weighted by Crippen LogP contribution is -2.38. The Morgan fingerprint density at radius 3 is 2.53 bits per heavy atom. The minimum absolute atomic E-state index is 0.0507. The summed E-state index contributed by atoms with van der Waals surface area (Å²) in [5, 5.41) is 8.46. The summed E-state index contributed by atoms with van der Waals surface area (Å²) >= 11 is 0. The smallest absolute Gasteiger partial charge is 0.303 e. The monoisotopic (exact) mass is 286 g/mol. The molecule has 0 heterocycles. The number of benzene rings is 1. The highest BCUT2D eigenvalue weighted by Gasteiger charge is 2.16. The van der Waals surface area contributed by atoms with Gasteiger partial charge in [-0.25, -0.2) is 4.72 Å². The first kappa shape index (κ1) is 15.6. The van der Waals surface area contributed by atoms with Crippen LogP contribution in [0.5, 0.6) is 0 Å². The highest BCUT2D eigenvalue weighted by atomic mass is 32.2. The van der Waals surface area contributed by atoms with Gasteiger partial charge in [-0.2, -0.15) is 12.7 Å². The van der Waals surface area contributed by atoms with E-state index in [1.807, 2.05) is 30.3 Å². The quantitative estimate of drug-likeness (QED) is 0.693. The van der Waals surface area contributed by atoms with Gasteiger partial charge in [-0.3, -0.25) is 4.79 Å². The summed E-state index contributed by atoms with van der Waals surface area (Å²) < 4.78 is 27.3. The molecule has 19 heavy (non-hydrogen) atoms. The predicted octanol–water partition coefficient (Wildman–Crippen LogP) is 0.818. The van der Waals surface area contributed by atoms with E-state index in [1.54, 1.807) is 0 Å². The molecular formula is C12H18N2O4S. The summed E-state index contributed by atoms with van der Waals surface area (Å²) in [7, 11) is -2.09. The Labute approximate surface area is 113 Å². The molecule has 0 bridgehead atoms. The molecule has 0 spiro atoms. The molecule has 0 atom stereocenters. The zero-order valence-corrected chi connectivity index (χ0v) is 11.6. The third-order valence-corrected chi connectivity index (χ3v) is 4.03. The summed E-state index contributed by atoms with van der Waals surface area (Å²) in [5.41, 5.74) is 0.890. The number of carbonyl (C=O) groups is 1. The molecule has 6 nitrogen and oxygen atoms in total. The zero-order chi connectivity index (χ0) is 14.3. The first-order valence-corrected chi connectivity index (χ1v) is 7.32. The van der Waals surface area contributed by atoms with Crippen LogP contribution in [0, 0.1) is 0 Å². The van der Waals surface area contributed by atoms with Gasteiger partial charge in [0, 0.05) is 26.6 Å². The van der Waals surface area contributed by atoms with Crippen LogP contribution in [0.3, 0.4) is 0 Å². The van der Waals surface area contributed by atoms with E-state index in [0.717, 1.165) is 5.56 Å². The molecule has 1 rings (SSSR count). The van der Waals surface area contributed by atoms with Crippen LogP contribution in [0.25, 0.3) is 0 Å². The van der Waals surface area contributed by atoms with Crippen molar-refractivity contribution in [3.8, 4) is 0 Å². The fourth-order valence-corrected chi connectivity index (χ4v) is 2.42. The molecule has 0 fully saturated rings. The summed E-state index contributed by atoms with van der Waals surface area (Å²) in [5.74, 6) is -0.933. The SMILES string of the molecule is CN(Cc1ccccc1)S(=O)(=O)NCCCC(=O)O. The first-order valence-electron chi connectivity index (χ1n) is 5.88. The van der Waals surface area contributed by atoms with Crippen LogP contribution in [0.1, 0.15) is 18.4 Å². The van der Waals surface area contributed by atoms with E-state index < -0.39 is 16.2 Å². The Bertz CT molecular complexity index is 502. The number of nitrogens with one attached hydrogen (secondary N) is 1. The summed E-state index contributed by atoms with van der Waals surface area (Å²) in [6, 6.07) is 9.24. The average molecular weight is 286 g/mol. The second kappa shape index (κ2) is 7.22. The molecule has 0 unspecified atom stereocenters. The molecule has 1 aromatic carbocycles. The number of rotatable bonds is 8. The number of hydrogen-bond donors (Lipinski definition) is 2. The fraction of sp³-hybridized carbons (Fsp3) is 0.417.